The largest absolute Gasteiger partial charge is 0.367 e. The molecule has 0 amide bonds. The van der Waals surface area contributed by atoms with Crippen molar-refractivity contribution in [1.82, 2.24) is 19.6 Å². The van der Waals surface area contributed by atoms with Gasteiger partial charge in [-0.05, 0) is 19.6 Å². The highest BCUT2D eigenvalue weighted by molar-refractivity contribution is 7.98. The van der Waals surface area contributed by atoms with Crippen molar-refractivity contribution in [2.75, 3.05) is 12.0 Å². The maximum absolute atomic E-state index is 5.69. The molecule has 0 saturated carbocycles. The van der Waals surface area contributed by atoms with Crippen LogP contribution < -0.4 is 5.73 Å². The number of fused-ring (bicyclic) bond motifs is 1. The van der Waals surface area contributed by atoms with Crippen LogP contribution in [0.4, 0.5) is 5.95 Å². The molecule has 0 aromatic carbocycles. The van der Waals surface area contributed by atoms with E-state index in [1.165, 1.54) is 0 Å². The summed E-state index contributed by atoms with van der Waals surface area (Å²) in [6, 6.07) is 0. The number of nitrogen functional groups attached to an aromatic ring is 1. The van der Waals surface area contributed by atoms with Gasteiger partial charge in [-0.3, -0.25) is 0 Å². The van der Waals surface area contributed by atoms with Crippen molar-refractivity contribution in [2.45, 2.75) is 31.7 Å². The first-order chi connectivity index (χ1) is 7.67. The monoisotopic (exact) mass is 237 g/mol. The first-order valence-electron chi connectivity index (χ1n) is 5.23. The summed E-state index contributed by atoms with van der Waals surface area (Å²) in [4.78, 5) is 8.74. The zero-order chi connectivity index (χ0) is 11.7. The number of hydrogen-bond acceptors (Lipinski definition) is 5. The van der Waals surface area contributed by atoms with Crippen LogP contribution >= 0.6 is 11.8 Å². The van der Waals surface area contributed by atoms with Crippen molar-refractivity contribution in [1.29, 1.82) is 0 Å². The average molecular weight is 237 g/mol. The van der Waals surface area contributed by atoms with Crippen LogP contribution in [0.3, 0.4) is 0 Å². The Hall–Kier alpha value is -1.30. The highest BCUT2D eigenvalue weighted by Crippen LogP contribution is 2.23. The third kappa shape index (κ3) is 1.73. The Morgan fingerprint density at radius 3 is 2.75 bits per heavy atom. The second-order valence-electron chi connectivity index (χ2n) is 3.60. The molecule has 0 unspecified atom stereocenters. The first kappa shape index (κ1) is 11.2. The van der Waals surface area contributed by atoms with E-state index < -0.39 is 0 Å². The maximum atomic E-state index is 5.69. The van der Waals surface area contributed by atoms with Crippen LogP contribution in [-0.4, -0.2) is 25.8 Å². The zero-order valence-corrected chi connectivity index (χ0v) is 10.5. The summed E-state index contributed by atoms with van der Waals surface area (Å²) in [7, 11) is 0. The van der Waals surface area contributed by atoms with E-state index >= 15 is 0 Å². The normalized spacial score (nSPS) is 11.2. The number of anilines is 1. The molecule has 0 bridgehead atoms. The smallest absolute Gasteiger partial charge is 0.239 e. The van der Waals surface area contributed by atoms with E-state index in [1.807, 2.05) is 17.7 Å². The second-order valence-corrected chi connectivity index (χ2v) is 4.40. The molecular weight excluding hydrogens is 222 g/mol. The SMILES string of the molecule is CCCc1nc(C)c2c(SC)nc(N)nn12. The molecule has 6 heteroatoms. The number of imidazole rings is 1. The van der Waals surface area contributed by atoms with Crippen LogP contribution in [-0.2, 0) is 6.42 Å². The van der Waals surface area contributed by atoms with Gasteiger partial charge in [0.05, 0.1) is 5.69 Å². The van der Waals surface area contributed by atoms with E-state index in [4.69, 9.17) is 5.73 Å². The van der Waals surface area contributed by atoms with Crippen LogP contribution in [0.25, 0.3) is 5.52 Å². The van der Waals surface area contributed by atoms with E-state index in [0.29, 0.717) is 5.95 Å². The molecule has 0 aliphatic carbocycles. The third-order valence-electron chi connectivity index (χ3n) is 2.38. The molecule has 5 nitrogen and oxygen atoms in total. The molecule has 2 heterocycles. The average Bonchev–Trinajstić information content (AvgIpc) is 2.55. The van der Waals surface area contributed by atoms with Crippen LogP contribution in [0.15, 0.2) is 5.03 Å². The Bertz CT molecular complexity index is 519. The van der Waals surface area contributed by atoms with E-state index in [2.05, 4.69) is 22.0 Å². The number of aromatic nitrogens is 4. The lowest BCUT2D eigenvalue weighted by molar-refractivity contribution is 0.761. The molecule has 0 aliphatic rings. The fraction of sp³-hybridized carbons (Fsp3) is 0.500. The predicted molar refractivity (Wildman–Crippen MR) is 65.7 cm³/mol. The predicted octanol–water partition coefficient (Wildman–Crippen LogP) is 1.69. The van der Waals surface area contributed by atoms with Gasteiger partial charge in [-0.1, -0.05) is 6.92 Å². The Balaban J connectivity index is 2.74. The summed E-state index contributed by atoms with van der Waals surface area (Å²) in [5.41, 5.74) is 7.63. The van der Waals surface area contributed by atoms with E-state index in [1.54, 1.807) is 11.8 Å². The van der Waals surface area contributed by atoms with Gasteiger partial charge in [0.2, 0.25) is 5.95 Å². The molecule has 0 saturated heterocycles. The molecule has 2 aromatic heterocycles. The summed E-state index contributed by atoms with van der Waals surface area (Å²) in [5, 5.41) is 5.12. The number of aryl methyl sites for hydroxylation is 2. The summed E-state index contributed by atoms with van der Waals surface area (Å²) in [6.45, 7) is 4.10. The Morgan fingerprint density at radius 2 is 2.12 bits per heavy atom. The minimum Gasteiger partial charge on any atom is -0.367 e. The molecule has 0 aliphatic heterocycles. The van der Waals surface area contributed by atoms with Gasteiger partial charge in [0.25, 0.3) is 0 Å². The van der Waals surface area contributed by atoms with Crippen molar-refractivity contribution < 1.29 is 0 Å². The maximum Gasteiger partial charge on any atom is 0.239 e. The summed E-state index contributed by atoms with van der Waals surface area (Å²) in [6.07, 6.45) is 3.92. The molecule has 0 radical (unpaired) electrons. The molecule has 2 aromatic rings. The highest BCUT2D eigenvalue weighted by atomic mass is 32.2. The van der Waals surface area contributed by atoms with Gasteiger partial charge in [-0.15, -0.1) is 16.9 Å². The Kier molecular flexibility index (Phi) is 3.00. The topological polar surface area (TPSA) is 69.1 Å². The lowest BCUT2D eigenvalue weighted by atomic mass is 10.3. The van der Waals surface area contributed by atoms with Crippen LogP contribution in [0.2, 0.25) is 0 Å². The van der Waals surface area contributed by atoms with Crippen molar-refractivity contribution in [3.8, 4) is 0 Å². The number of thioether (sulfide) groups is 1. The van der Waals surface area contributed by atoms with Crippen LogP contribution in [0.5, 0.6) is 0 Å². The van der Waals surface area contributed by atoms with Gasteiger partial charge in [0.1, 0.15) is 16.4 Å². The van der Waals surface area contributed by atoms with Gasteiger partial charge in [0, 0.05) is 6.42 Å². The molecule has 0 fully saturated rings. The molecule has 0 spiro atoms. The second kappa shape index (κ2) is 4.29. The summed E-state index contributed by atoms with van der Waals surface area (Å²) in [5.74, 6) is 1.26. The van der Waals surface area contributed by atoms with Crippen molar-refractivity contribution in [2.24, 2.45) is 0 Å². The zero-order valence-electron chi connectivity index (χ0n) is 9.69. The van der Waals surface area contributed by atoms with Gasteiger partial charge in [-0.2, -0.15) is 0 Å². The van der Waals surface area contributed by atoms with Crippen LogP contribution in [0, 0.1) is 6.92 Å². The number of nitrogens with zero attached hydrogens (tertiary/aromatic N) is 4. The van der Waals surface area contributed by atoms with Crippen LogP contribution in [0.1, 0.15) is 24.9 Å². The van der Waals surface area contributed by atoms with Gasteiger partial charge in [0.15, 0.2) is 0 Å². The first-order valence-corrected chi connectivity index (χ1v) is 6.45. The fourth-order valence-corrected chi connectivity index (χ4v) is 2.35. The Morgan fingerprint density at radius 1 is 1.38 bits per heavy atom. The molecule has 16 heavy (non-hydrogen) atoms. The summed E-state index contributed by atoms with van der Waals surface area (Å²) >= 11 is 1.57. The molecule has 2 N–H and O–H groups in total. The molecular formula is C10H15N5S. The minimum atomic E-state index is 0.298. The molecule has 86 valence electrons. The van der Waals surface area contributed by atoms with Crippen molar-refractivity contribution in [3.05, 3.63) is 11.5 Å². The van der Waals surface area contributed by atoms with E-state index in [0.717, 1.165) is 34.9 Å². The fourth-order valence-electron chi connectivity index (χ4n) is 1.74. The highest BCUT2D eigenvalue weighted by Gasteiger charge is 2.14. The van der Waals surface area contributed by atoms with Gasteiger partial charge in [-0.25, -0.2) is 14.5 Å². The summed E-state index contributed by atoms with van der Waals surface area (Å²) < 4.78 is 1.83. The minimum absolute atomic E-state index is 0.298. The molecule has 0 atom stereocenters. The Labute approximate surface area is 98.5 Å². The lowest BCUT2D eigenvalue weighted by Gasteiger charge is -2.03. The number of hydrogen-bond donors (Lipinski definition) is 1. The van der Waals surface area contributed by atoms with E-state index in [-0.39, 0.29) is 0 Å². The standard InChI is InChI=1S/C10H15N5S/c1-4-5-7-12-6(2)8-9(16-3)13-10(11)14-15(7)8/h4-5H2,1-3H3,(H2,11,14). The number of nitrogens with two attached hydrogens (primary N) is 1. The molecule has 2 rings (SSSR count). The quantitative estimate of drug-likeness (QED) is 0.823. The van der Waals surface area contributed by atoms with Gasteiger partial charge < -0.3 is 5.73 Å². The number of rotatable bonds is 3. The lowest BCUT2D eigenvalue weighted by Crippen LogP contribution is -2.05. The van der Waals surface area contributed by atoms with Crippen molar-refractivity contribution in [3.63, 3.8) is 0 Å². The third-order valence-corrected chi connectivity index (χ3v) is 3.06. The van der Waals surface area contributed by atoms with Crippen molar-refractivity contribution >= 4 is 23.2 Å². The van der Waals surface area contributed by atoms with Gasteiger partial charge >= 0.3 is 0 Å². The van der Waals surface area contributed by atoms with E-state index in [9.17, 15) is 0 Å².